The molecular formula is C20H17Cl3N2O3. The second-order valence-electron chi connectivity index (χ2n) is 6.17. The second kappa shape index (κ2) is 8.53. The number of hydrogen-bond donors (Lipinski definition) is 1. The van der Waals surface area contributed by atoms with Gasteiger partial charge in [-0.3, -0.25) is 14.5 Å². The third-order valence-electron chi connectivity index (χ3n) is 4.41. The van der Waals surface area contributed by atoms with E-state index in [1.165, 1.54) is 13.2 Å². The lowest BCUT2D eigenvalue weighted by molar-refractivity contribution is -0.137. The predicted molar refractivity (Wildman–Crippen MR) is 112 cm³/mol. The van der Waals surface area contributed by atoms with Crippen LogP contribution in [0.1, 0.15) is 11.1 Å². The zero-order chi connectivity index (χ0) is 20.4. The Bertz CT molecular complexity index is 989. The minimum atomic E-state index is -0.456. The Kier molecular flexibility index (Phi) is 6.30. The molecule has 2 amide bonds. The van der Waals surface area contributed by atoms with Crippen molar-refractivity contribution < 1.29 is 14.3 Å². The highest BCUT2D eigenvalue weighted by Gasteiger charge is 2.39. The van der Waals surface area contributed by atoms with Gasteiger partial charge in [0, 0.05) is 28.4 Å². The number of nitrogens with one attached hydrogen (secondary N) is 1. The maximum absolute atomic E-state index is 13.0. The molecule has 0 aromatic heterocycles. The van der Waals surface area contributed by atoms with Gasteiger partial charge in [0.25, 0.3) is 11.8 Å². The van der Waals surface area contributed by atoms with Gasteiger partial charge in [0.2, 0.25) is 0 Å². The maximum atomic E-state index is 13.0. The molecule has 0 bridgehead atoms. The molecule has 1 aliphatic heterocycles. The highest BCUT2D eigenvalue weighted by atomic mass is 35.5. The van der Waals surface area contributed by atoms with Gasteiger partial charge in [-0.25, -0.2) is 0 Å². The van der Waals surface area contributed by atoms with Crippen LogP contribution in [0.25, 0.3) is 5.57 Å². The Balaban J connectivity index is 2.12. The Labute approximate surface area is 177 Å². The van der Waals surface area contributed by atoms with Crippen LogP contribution in [0.5, 0.6) is 0 Å². The number of nitrogens with zero attached hydrogens (tertiary/aromatic N) is 1. The minimum absolute atomic E-state index is 0.128. The van der Waals surface area contributed by atoms with Gasteiger partial charge in [0.1, 0.15) is 5.70 Å². The van der Waals surface area contributed by atoms with Gasteiger partial charge in [-0.1, -0.05) is 46.9 Å². The average molecular weight is 440 g/mol. The van der Waals surface area contributed by atoms with E-state index in [4.69, 9.17) is 39.5 Å². The normalized spacial score (nSPS) is 14.2. The van der Waals surface area contributed by atoms with Crippen LogP contribution in [0.2, 0.25) is 15.1 Å². The lowest BCUT2D eigenvalue weighted by Crippen LogP contribution is -2.35. The van der Waals surface area contributed by atoms with Gasteiger partial charge in [0.05, 0.1) is 23.7 Å². The summed E-state index contributed by atoms with van der Waals surface area (Å²) in [5.41, 5.74) is 2.12. The number of carbonyl (C=O) groups excluding carboxylic acids is 2. The van der Waals surface area contributed by atoms with E-state index < -0.39 is 11.8 Å². The minimum Gasteiger partial charge on any atom is -0.383 e. The monoisotopic (exact) mass is 438 g/mol. The first-order valence-electron chi connectivity index (χ1n) is 8.42. The van der Waals surface area contributed by atoms with Crippen molar-refractivity contribution in [3.63, 3.8) is 0 Å². The van der Waals surface area contributed by atoms with Crippen molar-refractivity contribution >= 4 is 57.9 Å². The molecule has 2 aromatic rings. The molecule has 2 aromatic carbocycles. The number of amides is 2. The molecule has 28 heavy (non-hydrogen) atoms. The first-order chi connectivity index (χ1) is 13.3. The van der Waals surface area contributed by atoms with Crippen molar-refractivity contribution in [3.8, 4) is 0 Å². The van der Waals surface area contributed by atoms with Gasteiger partial charge < -0.3 is 10.1 Å². The summed E-state index contributed by atoms with van der Waals surface area (Å²) in [6.45, 7) is 2.18. The molecule has 1 aliphatic rings. The average Bonchev–Trinajstić information content (AvgIpc) is 2.87. The zero-order valence-electron chi connectivity index (χ0n) is 15.2. The van der Waals surface area contributed by atoms with E-state index in [0.29, 0.717) is 21.3 Å². The molecule has 1 N–H and O–H groups in total. The molecule has 8 heteroatoms. The zero-order valence-corrected chi connectivity index (χ0v) is 17.5. The standard InChI is InChI=1S/C20H17Cl3N2O3/c1-11-14(22)4-3-5-16(11)24-18-17(13-7-6-12(21)10-15(13)23)19(26)25(20(18)27)8-9-28-2/h3-7,10,24H,8-9H2,1-2H3. The second-order valence-corrected chi connectivity index (χ2v) is 7.42. The Morgan fingerprint density at radius 3 is 2.46 bits per heavy atom. The van der Waals surface area contributed by atoms with E-state index >= 15 is 0 Å². The molecule has 0 fully saturated rings. The topological polar surface area (TPSA) is 58.6 Å². The first kappa shape index (κ1) is 20.7. The highest BCUT2D eigenvalue weighted by Crippen LogP contribution is 2.36. The summed E-state index contributed by atoms with van der Waals surface area (Å²) >= 11 is 18.5. The van der Waals surface area contributed by atoms with E-state index in [-0.39, 0.29) is 29.4 Å². The summed E-state index contributed by atoms with van der Waals surface area (Å²) < 4.78 is 5.02. The van der Waals surface area contributed by atoms with E-state index in [0.717, 1.165) is 10.5 Å². The fraction of sp³-hybridized carbons (Fsp3) is 0.200. The molecule has 0 atom stereocenters. The van der Waals surface area contributed by atoms with Crippen molar-refractivity contribution in [3.05, 3.63) is 68.3 Å². The smallest absolute Gasteiger partial charge is 0.278 e. The molecule has 3 rings (SSSR count). The summed E-state index contributed by atoms with van der Waals surface area (Å²) in [6, 6.07) is 10.1. The summed E-state index contributed by atoms with van der Waals surface area (Å²) in [6.07, 6.45) is 0. The number of hydrogen-bond acceptors (Lipinski definition) is 4. The Morgan fingerprint density at radius 2 is 1.79 bits per heavy atom. The van der Waals surface area contributed by atoms with Gasteiger partial charge in [-0.15, -0.1) is 0 Å². The van der Waals surface area contributed by atoms with Crippen molar-refractivity contribution in [2.75, 3.05) is 25.6 Å². The molecule has 0 radical (unpaired) electrons. The van der Waals surface area contributed by atoms with Gasteiger partial charge in [-0.05, 0) is 36.8 Å². The molecular weight excluding hydrogens is 423 g/mol. The van der Waals surface area contributed by atoms with Crippen molar-refractivity contribution in [2.24, 2.45) is 0 Å². The summed E-state index contributed by atoms with van der Waals surface area (Å²) in [7, 11) is 1.50. The number of methoxy groups -OCH3 is 1. The van der Waals surface area contributed by atoms with E-state index in [2.05, 4.69) is 5.32 Å². The number of carbonyl (C=O) groups is 2. The highest BCUT2D eigenvalue weighted by molar-refractivity contribution is 6.41. The largest absolute Gasteiger partial charge is 0.383 e. The van der Waals surface area contributed by atoms with Crippen LogP contribution >= 0.6 is 34.8 Å². The molecule has 0 saturated heterocycles. The van der Waals surface area contributed by atoms with Gasteiger partial charge in [-0.2, -0.15) is 0 Å². The number of ether oxygens (including phenoxy) is 1. The maximum Gasteiger partial charge on any atom is 0.278 e. The summed E-state index contributed by atoms with van der Waals surface area (Å²) in [4.78, 5) is 27.2. The van der Waals surface area contributed by atoms with Gasteiger partial charge in [0.15, 0.2) is 0 Å². The van der Waals surface area contributed by atoms with E-state index in [1.54, 1.807) is 30.3 Å². The number of halogens is 3. The Hall–Kier alpha value is -2.05. The molecule has 1 heterocycles. The lowest BCUT2D eigenvalue weighted by Gasteiger charge is -2.15. The number of anilines is 1. The third-order valence-corrected chi connectivity index (χ3v) is 5.37. The van der Waals surface area contributed by atoms with Crippen LogP contribution in [-0.4, -0.2) is 37.0 Å². The quantitative estimate of drug-likeness (QED) is 0.657. The molecule has 5 nitrogen and oxygen atoms in total. The molecule has 0 saturated carbocycles. The van der Waals surface area contributed by atoms with Crippen LogP contribution in [0.3, 0.4) is 0 Å². The fourth-order valence-electron chi connectivity index (χ4n) is 2.90. The molecule has 146 valence electrons. The number of imide groups is 1. The predicted octanol–water partition coefficient (Wildman–Crippen LogP) is 4.79. The third kappa shape index (κ3) is 3.89. The Morgan fingerprint density at radius 1 is 1.04 bits per heavy atom. The fourth-order valence-corrected chi connectivity index (χ4v) is 3.57. The van der Waals surface area contributed by atoms with Crippen LogP contribution in [0.4, 0.5) is 5.69 Å². The number of rotatable bonds is 6. The number of benzene rings is 2. The van der Waals surface area contributed by atoms with Crippen LogP contribution in [0.15, 0.2) is 42.1 Å². The van der Waals surface area contributed by atoms with E-state index in [9.17, 15) is 9.59 Å². The van der Waals surface area contributed by atoms with Crippen molar-refractivity contribution in [1.82, 2.24) is 4.90 Å². The van der Waals surface area contributed by atoms with Crippen molar-refractivity contribution in [2.45, 2.75) is 6.92 Å². The van der Waals surface area contributed by atoms with E-state index in [1.807, 2.05) is 6.92 Å². The van der Waals surface area contributed by atoms with Gasteiger partial charge >= 0.3 is 0 Å². The summed E-state index contributed by atoms with van der Waals surface area (Å²) in [5, 5.41) is 4.33. The first-order valence-corrected chi connectivity index (χ1v) is 9.55. The summed E-state index contributed by atoms with van der Waals surface area (Å²) in [5.74, 6) is -0.907. The van der Waals surface area contributed by atoms with Crippen LogP contribution < -0.4 is 5.32 Å². The molecule has 0 spiro atoms. The van der Waals surface area contributed by atoms with Crippen LogP contribution in [-0.2, 0) is 14.3 Å². The SMILES string of the molecule is COCCN1C(=O)C(Nc2cccc(Cl)c2C)=C(c2ccc(Cl)cc2Cl)C1=O. The molecule has 0 unspecified atom stereocenters. The molecule has 0 aliphatic carbocycles. The van der Waals surface area contributed by atoms with Crippen LogP contribution in [0, 0.1) is 6.92 Å². The van der Waals surface area contributed by atoms with Crippen molar-refractivity contribution in [1.29, 1.82) is 0 Å². The lowest BCUT2D eigenvalue weighted by atomic mass is 10.0.